The Bertz CT molecular complexity index is 874. The van der Waals surface area contributed by atoms with E-state index in [1.807, 2.05) is 35.8 Å². The highest BCUT2D eigenvalue weighted by atomic mass is 35.5. The van der Waals surface area contributed by atoms with Crippen LogP contribution in [0.2, 0.25) is 5.02 Å². The van der Waals surface area contributed by atoms with Gasteiger partial charge >= 0.3 is 0 Å². The van der Waals surface area contributed by atoms with Crippen molar-refractivity contribution in [3.05, 3.63) is 51.2 Å². The van der Waals surface area contributed by atoms with Gasteiger partial charge in [0, 0.05) is 23.0 Å². The lowest BCUT2D eigenvalue weighted by Gasteiger charge is -2.37. The van der Waals surface area contributed by atoms with E-state index in [1.165, 1.54) is 10.4 Å². The van der Waals surface area contributed by atoms with Crippen LogP contribution in [0, 0.1) is 0 Å². The fourth-order valence-electron chi connectivity index (χ4n) is 4.07. The van der Waals surface area contributed by atoms with Crippen molar-refractivity contribution in [2.75, 3.05) is 39.4 Å². The molecule has 0 saturated heterocycles. The predicted molar refractivity (Wildman–Crippen MR) is 133 cm³/mol. The fraction of sp³-hybridized carbons (Fsp3) is 0.560. The van der Waals surface area contributed by atoms with E-state index in [0.717, 1.165) is 25.1 Å². The van der Waals surface area contributed by atoms with Gasteiger partial charge in [-0.15, -0.1) is 11.3 Å². The standard InChI is InChI=1S/C25H35ClN2O4S/c1-4-11-27(14-20(29)16-31-18(2)3)15-25(30)28-12-9-24-22(10-13-33-24)23(28)17-32-21-7-5-19(26)6-8-21/h5-8,10,13,18,20,23,29H,4,9,11-12,14-17H2,1-3H3/t20-,23+/m0/s1. The van der Waals surface area contributed by atoms with Crippen molar-refractivity contribution in [1.82, 2.24) is 9.80 Å². The second-order valence-electron chi connectivity index (χ2n) is 8.69. The summed E-state index contributed by atoms with van der Waals surface area (Å²) >= 11 is 7.72. The molecule has 2 aromatic rings. The second-order valence-corrected chi connectivity index (χ2v) is 10.1. The van der Waals surface area contributed by atoms with Gasteiger partial charge in [0.15, 0.2) is 0 Å². The molecule has 0 fully saturated rings. The van der Waals surface area contributed by atoms with Crippen molar-refractivity contribution in [3.8, 4) is 5.75 Å². The van der Waals surface area contributed by atoms with Crippen LogP contribution in [0.4, 0.5) is 0 Å². The Labute approximate surface area is 206 Å². The summed E-state index contributed by atoms with van der Waals surface area (Å²) in [6, 6.07) is 9.25. The highest BCUT2D eigenvalue weighted by Crippen LogP contribution is 2.34. The minimum atomic E-state index is -0.624. The maximum absolute atomic E-state index is 13.4. The summed E-state index contributed by atoms with van der Waals surface area (Å²) in [6.45, 7) is 8.72. The topological polar surface area (TPSA) is 62.2 Å². The zero-order valence-corrected chi connectivity index (χ0v) is 21.3. The van der Waals surface area contributed by atoms with Crippen molar-refractivity contribution in [3.63, 3.8) is 0 Å². The number of nitrogens with zero attached hydrogens (tertiary/aromatic N) is 2. The molecule has 33 heavy (non-hydrogen) atoms. The first-order chi connectivity index (χ1) is 15.9. The van der Waals surface area contributed by atoms with Crippen LogP contribution in [-0.4, -0.2) is 72.4 Å². The number of thiophene rings is 1. The van der Waals surface area contributed by atoms with Crippen LogP contribution in [0.15, 0.2) is 35.7 Å². The van der Waals surface area contributed by atoms with E-state index in [1.54, 1.807) is 23.5 Å². The van der Waals surface area contributed by atoms with E-state index in [2.05, 4.69) is 18.4 Å². The highest BCUT2D eigenvalue weighted by Gasteiger charge is 2.33. The summed E-state index contributed by atoms with van der Waals surface area (Å²) < 4.78 is 11.6. The van der Waals surface area contributed by atoms with Crippen molar-refractivity contribution in [2.45, 2.75) is 51.9 Å². The molecule has 0 radical (unpaired) electrons. The molecule has 0 aliphatic carbocycles. The number of aliphatic hydroxyl groups excluding tert-OH is 1. The molecular weight excluding hydrogens is 460 g/mol. The van der Waals surface area contributed by atoms with E-state index < -0.39 is 6.10 Å². The van der Waals surface area contributed by atoms with Crippen LogP contribution >= 0.6 is 22.9 Å². The molecule has 2 atom stereocenters. The SMILES string of the molecule is CCCN(CC(=O)N1CCc2sccc2[C@H]1COc1ccc(Cl)cc1)C[C@H](O)COC(C)C. The van der Waals surface area contributed by atoms with E-state index in [0.29, 0.717) is 24.7 Å². The van der Waals surface area contributed by atoms with Crippen LogP contribution in [0.3, 0.4) is 0 Å². The molecule has 0 saturated carbocycles. The van der Waals surface area contributed by atoms with Gasteiger partial charge < -0.3 is 19.5 Å². The first-order valence-corrected chi connectivity index (χ1v) is 12.9. The number of carbonyl (C=O) groups is 1. The average molecular weight is 495 g/mol. The van der Waals surface area contributed by atoms with Gasteiger partial charge in [-0.25, -0.2) is 0 Å². The first kappa shape index (κ1) is 26.0. The van der Waals surface area contributed by atoms with Gasteiger partial charge in [-0.3, -0.25) is 9.69 Å². The third kappa shape index (κ3) is 7.69. The minimum Gasteiger partial charge on any atom is -0.491 e. The van der Waals surface area contributed by atoms with Crippen molar-refractivity contribution in [2.24, 2.45) is 0 Å². The maximum Gasteiger partial charge on any atom is 0.237 e. The monoisotopic (exact) mass is 494 g/mol. The number of benzene rings is 1. The molecule has 0 spiro atoms. The largest absolute Gasteiger partial charge is 0.491 e. The summed E-state index contributed by atoms with van der Waals surface area (Å²) in [5.41, 5.74) is 1.17. The average Bonchev–Trinajstić information content (AvgIpc) is 3.26. The van der Waals surface area contributed by atoms with Gasteiger partial charge in [-0.1, -0.05) is 18.5 Å². The van der Waals surface area contributed by atoms with Gasteiger partial charge in [0.25, 0.3) is 0 Å². The molecule has 8 heteroatoms. The molecule has 3 rings (SSSR count). The summed E-state index contributed by atoms with van der Waals surface area (Å²) in [5.74, 6) is 0.789. The highest BCUT2D eigenvalue weighted by molar-refractivity contribution is 7.10. The number of amides is 1. The van der Waals surface area contributed by atoms with Gasteiger partial charge in [0.1, 0.15) is 12.4 Å². The van der Waals surface area contributed by atoms with Gasteiger partial charge in [0.2, 0.25) is 5.91 Å². The summed E-state index contributed by atoms with van der Waals surface area (Å²) in [5, 5.41) is 13.1. The Hall–Kier alpha value is -1.64. The van der Waals surface area contributed by atoms with Crippen LogP contribution in [0.5, 0.6) is 5.75 Å². The smallest absolute Gasteiger partial charge is 0.237 e. The van der Waals surface area contributed by atoms with Gasteiger partial charge in [-0.05, 0) is 74.5 Å². The number of aliphatic hydroxyl groups is 1. The fourth-order valence-corrected chi connectivity index (χ4v) is 5.12. The van der Waals surface area contributed by atoms with Gasteiger partial charge in [-0.2, -0.15) is 0 Å². The molecule has 182 valence electrons. The Morgan fingerprint density at radius 1 is 1.30 bits per heavy atom. The van der Waals surface area contributed by atoms with E-state index in [9.17, 15) is 9.90 Å². The molecular formula is C25H35ClN2O4S. The third-order valence-electron chi connectivity index (χ3n) is 5.63. The predicted octanol–water partition coefficient (Wildman–Crippen LogP) is 4.40. The number of hydrogen-bond acceptors (Lipinski definition) is 6. The molecule has 1 aliphatic heterocycles. The first-order valence-electron chi connectivity index (χ1n) is 11.6. The van der Waals surface area contributed by atoms with Crippen LogP contribution in [0.25, 0.3) is 0 Å². The van der Waals surface area contributed by atoms with Crippen LogP contribution in [-0.2, 0) is 16.0 Å². The third-order valence-corrected chi connectivity index (χ3v) is 6.87. The molecule has 1 aliphatic rings. The van der Waals surface area contributed by atoms with Crippen molar-refractivity contribution in [1.29, 1.82) is 0 Å². The molecule has 0 unspecified atom stereocenters. The number of ether oxygens (including phenoxy) is 2. The Balaban J connectivity index is 1.67. The second kappa shape index (κ2) is 12.7. The van der Waals surface area contributed by atoms with Crippen molar-refractivity contribution >= 4 is 28.8 Å². The lowest BCUT2D eigenvalue weighted by molar-refractivity contribution is -0.136. The zero-order valence-electron chi connectivity index (χ0n) is 19.7. The summed E-state index contributed by atoms with van der Waals surface area (Å²) in [6.07, 6.45) is 1.20. The molecule has 1 aromatic heterocycles. The molecule has 0 bridgehead atoms. The van der Waals surface area contributed by atoms with E-state index in [-0.39, 0.29) is 31.2 Å². The van der Waals surface area contributed by atoms with Crippen molar-refractivity contribution < 1.29 is 19.4 Å². The summed E-state index contributed by atoms with van der Waals surface area (Å²) in [7, 11) is 0. The van der Waals surface area contributed by atoms with E-state index in [4.69, 9.17) is 21.1 Å². The minimum absolute atomic E-state index is 0.0574. The number of carbonyl (C=O) groups excluding carboxylic acids is 1. The Kier molecular flexibility index (Phi) is 10.0. The molecule has 1 aromatic carbocycles. The van der Waals surface area contributed by atoms with Gasteiger partial charge in [0.05, 0.1) is 31.4 Å². The summed E-state index contributed by atoms with van der Waals surface area (Å²) in [4.78, 5) is 18.7. The number of halogens is 1. The van der Waals surface area contributed by atoms with E-state index >= 15 is 0 Å². The molecule has 1 N–H and O–H groups in total. The zero-order chi connectivity index (χ0) is 23.8. The lowest BCUT2D eigenvalue weighted by Crippen LogP contribution is -2.48. The number of hydrogen-bond donors (Lipinski definition) is 1. The quantitative estimate of drug-likeness (QED) is 0.473. The normalized spacial score (nSPS) is 16.8. The van der Waals surface area contributed by atoms with Crippen LogP contribution < -0.4 is 4.74 Å². The number of rotatable bonds is 12. The Morgan fingerprint density at radius 2 is 2.06 bits per heavy atom. The Morgan fingerprint density at radius 3 is 2.76 bits per heavy atom. The van der Waals surface area contributed by atoms with Crippen LogP contribution in [0.1, 0.15) is 43.7 Å². The molecule has 2 heterocycles. The maximum atomic E-state index is 13.4. The lowest BCUT2D eigenvalue weighted by atomic mass is 10.0. The molecule has 6 nitrogen and oxygen atoms in total. The molecule has 1 amide bonds. The number of fused-ring (bicyclic) bond motifs is 1.